The smallest absolute Gasteiger partial charge is 0.534 e. The van der Waals surface area contributed by atoms with Crippen LogP contribution in [0.5, 0.6) is 0 Å². The summed E-state index contributed by atoms with van der Waals surface area (Å²) in [5, 5.41) is 3.20. The van der Waals surface area contributed by atoms with Crippen LogP contribution < -0.4 is 5.46 Å². The Morgan fingerprint density at radius 2 is 1.54 bits per heavy atom. The molecule has 1 aliphatic rings. The topological polar surface area (TPSA) is 61.5 Å². The molecular weight excluding hydrogens is 459 g/mol. The van der Waals surface area contributed by atoms with Crippen molar-refractivity contribution in [2.24, 2.45) is 0 Å². The third-order valence-electron chi connectivity index (χ3n) is 7.01. The van der Waals surface area contributed by atoms with E-state index in [1.165, 1.54) is 0 Å². The summed E-state index contributed by atoms with van der Waals surface area (Å²) >= 11 is 0. The molecule has 0 N–H and O–H groups in total. The van der Waals surface area contributed by atoms with E-state index in [1.54, 1.807) is 6.20 Å². The summed E-state index contributed by atoms with van der Waals surface area (Å²) < 4.78 is 14.4. The molecule has 0 amide bonds. The number of rotatable bonds is 3. The van der Waals surface area contributed by atoms with Crippen molar-refractivity contribution in [2.45, 2.75) is 19.4 Å². The van der Waals surface area contributed by atoms with Crippen molar-refractivity contribution in [3.8, 4) is 22.8 Å². The van der Waals surface area contributed by atoms with Crippen molar-refractivity contribution < 1.29 is 9.31 Å². The first kappa shape index (κ1) is 21.8. The fourth-order valence-corrected chi connectivity index (χ4v) is 5.04. The highest BCUT2D eigenvalue weighted by molar-refractivity contribution is 6.62. The standard InChI is InChI=1S/C30H23BN4O2/c1-19-30(2,3)37-31(36-19)20-14-15-22-23(18-20)21-10-4-5-13-26(21)35-28(25-12-7-9-17-33-25)27(34-29(22)35)24-11-6-8-16-32-24/h4-18H,1H2,2-3H3. The number of imidazole rings is 1. The molecule has 37 heavy (non-hydrogen) atoms. The molecule has 7 heteroatoms. The van der Waals surface area contributed by atoms with E-state index in [2.05, 4.69) is 52.4 Å². The molecule has 1 fully saturated rings. The Bertz CT molecular complexity index is 1830. The minimum atomic E-state index is -0.538. The molecular formula is C30H23BN4O2. The van der Waals surface area contributed by atoms with Crippen LogP contribution in [0, 0.1) is 0 Å². The molecule has 0 aliphatic carbocycles. The number of aromatic nitrogens is 4. The van der Waals surface area contributed by atoms with E-state index in [-0.39, 0.29) is 0 Å². The van der Waals surface area contributed by atoms with E-state index in [0.717, 1.165) is 55.6 Å². The van der Waals surface area contributed by atoms with Crippen LogP contribution in [-0.2, 0) is 9.31 Å². The molecule has 4 aromatic heterocycles. The maximum atomic E-state index is 6.18. The van der Waals surface area contributed by atoms with E-state index in [9.17, 15) is 0 Å². The molecule has 2 aromatic carbocycles. The second-order valence-electron chi connectivity index (χ2n) is 9.72. The lowest BCUT2D eigenvalue weighted by Crippen LogP contribution is -2.34. The fourth-order valence-electron chi connectivity index (χ4n) is 5.04. The zero-order chi connectivity index (χ0) is 25.1. The molecule has 0 unspecified atom stereocenters. The van der Waals surface area contributed by atoms with Gasteiger partial charge in [0.05, 0.1) is 22.7 Å². The summed E-state index contributed by atoms with van der Waals surface area (Å²) in [4.78, 5) is 14.5. The summed E-state index contributed by atoms with van der Waals surface area (Å²) in [6, 6.07) is 26.5. The number of benzene rings is 2. The zero-order valence-electron chi connectivity index (χ0n) is 20.6. The molecule has 0 radical (unpaired) electrons. The summed E-state index contributed by atoms with van der Waals surface area (Å²) in [6.45, 7) is 7.97. The van der Waals surface area contributed by atoms with E-state index < -0.39 is 12.7 Å². The summed E-state index contributed by atoms with van der Waals surface area (Å²) in [7, 11) is -0.505. The van der Waals surface area contributed by atoms with E-state index in [0.29, 0.717) is 5.76 Å². The first-order chi connectivity index (χ1) is 18.0. The first-order valence-corrected chi connectivity index (χ1v) is 12.2. The number of para-hydroxylation sites is 1. The number of fused-ring (bicyclic) bond motifs is 6. The van der Waals surface area contributed by atoms with Crippen LogP contribution in [0.4, 0.5) is 0 Å². The normalized spacial score (nSPS) is 15.1. The minimum absolute atomic E-state index is 0.505. The van der Waals surface area contributed by atoms with E-state index in [4.69, 9.17) is 19.3 Å². The number of hydrogen-bond donors (Lipinski definition) is 0. The van der Waals surface area contributed by atoms with Crippen molar-refractivity contribution in [3.05, 3.63) is 104 Å². The Hall–Kier alpha value is -4.49. The van der Waals surface area contributed by atoms with Crippen molar-refractivity contribution in [1.82, 2.24) is 19.4 Å². The Labute approximate surface area is 214 Å². The number of nitrogens with zero attached hydrogens (tertiary/aromatic N) is 4. The molecule has 7 rings (SSSR count). The number of hydrogen-bond acceptors (Lipinski definition) is 5. The SMILES string of the molecule is C=C1OB(c2ccc3c(c2)c2ccccc2n2c(-c4ccccn4)c(-c4ccccn4)nc32)OC1(C)C. The lowest BCUT2D eigenvalue weighted by molar-refractivity contribution is 0.173. The van der Waals surface area contributed by atoms with Gasteiger partial charge < -0.3 is 9.31 Å². The van der Waals surface area contributed by atoms with Gasteiger partial charge in [0.25, 0.3) is 0 Å². The average molecular weight is 482 g/mol. The largest absolute Gasteiger partial charge is 0.563 e. The van der Waals surface area contributed by atoms with Crippen molar-refractivity contribution in [1.29, 1.82) is 0 Å². The first-order valence-electron chi connectivity index (χ1n) is 12.2. The molecule has 0 atom stereocenters. The Balaban J connectivity index is 1.57. The maximum absolute atomic E-state index is 6.18. The van der Waals surface area contributed by atoms with Gasteiger partial charge in [-0.1, -0.05) is 55.1 Å². The molecule has 6 nitrogen and oxygen atoms in total. The van der Waals surface area contributed by atoms with Gasteiger partial charge in [0.15, 0.2) is 0 Å². The van der Waals surface area contributed by atoms with E-state index in [1.807, 2.05) is 62.5 Å². The third kappa shape index (κ3) is 3.35. The predicted molar refractivity (Wildman–Crippen MR) is 147 cm³/mol. The second-order valence-corrected chi connectivity index (χ2v) is 9.72. The van der Waals surface area contributed by atoms with Crippen LogP contribution in [0.2, 0.25) is 0 Å². The van der Waals surface area contributed by atoms with Gasteiger partial charge in [-0.3, -0.25) is 14.4 Å². The molecule has 5 heterocycles. The molecule has 0 bridgehead atoms. The second kappa shape index (κ2) is 8.01. The Morgan fingerprint density at radius 3 is 2.24 bits per heavy atom. The van der Waals surface area contributed by atoms with Crippen LogP contribution in [0.3, 0.4) is 0 Å². The molecule has 0 spiro atoms. The predicted octanol–water partition coefficient (Wildman–Crippen LogP) is 5.80. The van der Waals surface area contributed by atoms with Crippen LogP contribution in [0.1, 0.15) is 13.8 Å². The highest BCUT2D eigenvalue weighted by atomic mass is 16.7. The van der Waals surface area contributed by atoms with Crippen molar-refractivity contribution >= 4 is 39.9 Å². The summed E-state index contributed by atoms with van der Waals surface area (Å²) in [5.41, 5.74) is 5.63. The van der Waals surface area contributed by atoms with Crippen molar-refractivity contribution in [3.63, 3.8) is 0 Å². The summed E-state index contributed by atoms with van der Waals surface area (Å²) in [5.74, 6) is 0.631. The zero-order valence-corrected chi connectivity index (χ0v) is 20.6. The van der Waals surface area contributed by atoms with E-state index >= 15 is 0 Å². The molecule has 1 saturated heterocycles. The Morgan fingerprint density at radius 1 is 0.811 bits per heavy atom. The Kier molecular flexibility index (Phi) is 4.71. The van der Waals surface area contributed by atoms with Crippen LogP contribution in [-0.4, -0.2) is 32.1 Å². The highest BCUT2D eigenvalue weighted by Gasteiger charge is 2.42. The molecule has 178 valence electrons. The molecule has 0 saturated carbocycles. The van der Waals surface area contributed by atoms with Crippen LogP contribution in [0.25, 0.3) is 50.1 Å². The van der Waals surface area contributed by atoms with Gasteiger partial charge >= 0.3 is 7.12 Å². The minimum Gasteiger partial charge on any atom is -0.534 e. The molecule has 6 aromatic rings. The monoisotopic (exact) mass is 482 g/mol. The van der Waals surface area contributed by atoms with Gasteiger partial charge in [-0.25, -0.2) is 4.98 Å². The lowest BCUT2D eigenvalue weighted by atomic mass is 9.78. The third-order valence-corrected chi connectivity index (χ3v) is 7.01. The molecule has 1 aliphatic heterocycles. The van der Waals surface area contributed by atoms with Gasteiger partial charge in [0, 0.05) is 23.2 Å². The lowest BCUT2D eigenvalue weighted by Gasteiger charge is -2.15. The van der Waals surface area contributed by atoms with Gasteiger partial charge in [-0.15, -0.1) is 0 Å². The summed E-state index contributed by atoms with van der Waals surface area (Å²) in [6.07, 6.45) is 3.60. The van der Waals surface area contributed by atoms with Gasteiger partial charge in [0.1, 0.15) is 22.6 Å². The fraction of sp³-hybridized carbons (Fsp3) is 0.100. The average Bonchev–Trinajstić information content (AvgIpc) is 3.47. The van der Waals surface area contributed by atoms with Crippen LogP contribution in [0.15, 0.2) is 104 Å². The highest BCUT2D eigenvalue weighted by Crippen LogP contribution is 2.38. The van der Waals surface area contributed by atoms with Gasteiger partial charge in [-0.05, 0) is 55.0 Å². The quantitative estimate of drug-likeness (QED) is 0.236. The van der Waals surface area contributed by atoms with Crippen molar-refractivity contribution in [2.75, 3.05) is 0 Å². The van der Waals surface area contributed by atoms with Crippen LogP contribution >= 0.6 is 0 Å². The van der Waals surface area contributed by atoms with Gasteiger partial charge in [0.2, 0.25) is 0 Å². The van der Waals surface area contributed by atoms with Gasteiger partial charge in [-0.2, -0.15) is 0 Å². The maximum Gasteiger partial charge on any atom is 0.563 e. The number of pyridine rings is 3.